The molecule has 3 N–H and O–H groups in total. The van der Waals surface area contributed by atoms with Gasteiger partial charge in [0.15, 0.2) is 0 Å². The monoisotopic (exact) mass is 296 g/mol. The molecule has 2 rings (SSSR count). The Morgan fingerprint density at radius 3 is 2.65 bits per heavy atom. The van der Waals surface area contributed by atoms with E-state index in [2.05, 4.69) is 17.6 Å². The van der Waals surface area contributed by atoms with Crippen molar-refractivity contribution in [2.45, 2.75) is 26.2 Å². The standard InChI is InChI=1S/C14H17ClN2O3/c1-14(5-2-6-14)8-16-13(20)17-11-7-9(12(18)19)3-4-10(11)15/h3-4,7H,2,5-6,8H2,1H3,(H,18,19)(H2,16,17,20). The van der Waals surface area contributed by atoms with Gasteiger partial charge in [0.05, 0.1) is 16.3 Å². The van der Waals surface area contributed by atoms with Gasteiger partial charge in [-0.1, -0.05) is 24.9 Å². The van der Waals surface area contributed by atoms with Gasteiger partial charge in [0.25, 0.3) is 0 Å². The van der Waals surface area contributed by atoms with E-state index in [1.807, 2.05) is 0 Å². The Labute approximate surface area is 122 Å². The van der Waals surface area contributed by atoms with Crippen LogP contribution in [0.2, 0.25) is 5.02 Å². The molecule has 0 aliphatic heterocycles. The van der Waals surface area contributed by atoms with E-state index in [0.717, 1.165) is 12.8 Å². The lowest BCUT2D eigenvalue weighted by atomic mass is 9.70. The molecule has 2 amide bonds. The zero-order valence-corrected chi connectivity index (χ0v) is 12.0. The molecule has 5 nitrogen and oxygen atoms in total. The first-order chi connectivity index (χ1) is 9.39. The number of urea groups is 1. The van der Waals surface area contributed by atoms with E-state index in [4.69, 9.17) is 16.7 Å². The highest BCUT2D eigenvalue weighted by Gasteiger charge is 2.31. The van der Waals surface area contributed by atoms with Crippen LogP contribution in [0, 0.1) is 5.41 Å². The predicted molar refractivity (Wildman–Crippen MR) is 77.4 cm³/mol. The number of hydrogen-bond acceptors (Lipinski definition) is 2. The Morgan fingerprint density at radius 1 is 1.40 bits per heavy atom. The molecule has 0 unspecified atom stereocenters. The molecule has 0 radical (unpaired) electrons. The normalized spacial score (nSPS) is 16.1. The molecule has 0 heterocycles. The van der Waals surface area contributed by atoms with Crippen LogP contribution in [0.3, 0.4) is 0 Å². The minimum atomic E-state index is -1.06. The number of hydrogen-bond donors (Lipinski definition) is 3. The molecule has 6 heteroatoms. The number of carboxylic acid groups (broad SMARTS) is 1. The number of carboxylic acids is 1. The van der Waals surface area contributed by atoms with Crippen LogP contribution in [0.4, 0.5) is 10.5 Å². The lowest BCUT2D eigenvalue weighted by Gasteiger charge is -2.38. The quantitative estimate of drug-likeness (QED) is 0.797. The molecule has 0 spiro atoms. The molecule has 1 aliphatic rings. The molecular weight excluding hydrogens is 280 g/mol. The van der Waals surface area contributed by atoms with Crippen molar-refractivity contribution in [2.24, 2.45) is 5.41 Å². The second-order valence-electron chi connectivity index (χ2n) is 5.47. The van der Waals surface area contributed by atoms with Crippen molar-refractivity contribution in [3.63, 3.8) is 0 Å². The first-order valence-electron chi connectivity index (χ1n) is 6.47. The second kappa shape index (κ2) is 5.71. The third kappa shape index (κ3) is 3.42. The summed E-state index contributed by atoms with van der Waals surface area (Å²) in [5.74, 6) is -1.06. The number of anilines is 1. The fourth-order valence-corrected chi connectivity index (χ4v) is 2.34. The molecule has 1 aliphatic carbocycles. The van der Waals surface area contributed by atoms with E-state index < -0.39 is 5.97 Å². The van der Waals surface area contributed by atoms with Crippen molar-refractivity contribution in [2.75, 3.05) is 11.9 Å². The Hall–Kier alpha value is -1.75. The van der Waals surface area contributed by atoms with Crippen molar-refractivity contribution in [3.8, 4) is 0 Å². The first kappa shape index (κ1) is 14.7. The summed E-state index contributed by atoms with van der Waals surface area (Å²) < 4.78 is 0. The maximum atomic E-state index is 11.8. The maximum Gasteiger partial charge on any atom is 0.335 e. The van der Waals surface area contributed by atoms with Crippen LogP contribution in [0.5, 0.6) is 0 Å². The minimum Gasteiger partial charge on any atom is -0.478 e. The molecular formula is C14H17ClN2O3. The van der Waals surface area contributed by atoms with Crippen molar-refractivity contribution in [3.05, 3.63) is 28.8 Å². The van der Waals surface area contributed by atoms with Gasteiger partial charge in [-0.05, 0) is 36.5 Å². The molecule has 20 heavy (non-hydrogen) atoms. The minimum absolute atomic E-state index is 0.0793. The summed E-state index contributed by atoms with van der Waals surface area (Å²) in [4.78, 5) is 22.7. The van der Waals surface area contributed by atoms with Crippen LogP contribution < -0.4 is 10.6 Å². The Bertz CT molecular complexity index is 541. The zero-order chi connectivity index (χ0) is 14.8. The summed E-state index contributed by atoms with van der Waals surface area (Å²) in [6.45, 7) is 2.74. The Morgan fingerprint density at radius 2 is 2.10 bits per heavy atom. The third-order valence-electron chi connectivity index (χ3n) is 3.70. The van der Waals surface area contributed by atoms with Gasteiger partial charge >= 0.3 is 12.0 Å². The summed E-state index contributed by atoms with van der Waals surface area (Å²) in [5.41, 5.74) is 0.558. The zero-order valence-electron chi connectivity index (χ0n) is 11.2. The van der Waals surface area contributed by atoms with Gasteiger partial charge in [0, 0.05) is 6.54 Å². The SMILES string of the molecule is CC1(CNC(=O)Nc2cc(C(=O)O)ccc2Cl)CCC1. The average molecular weight is 297 g/mol. The topological polar surface area (TPSA) is 78.4 Å². The smallest absolute Gasteiger partial charge is 0.335 e. The van der Waals surface area contributed by atoms with Gasteiger partial charge in [-0.2, -0.15) is 0 Å². The number of carbonyl (C=O) groups excluding carboxylic acids is 1. The van der Waals surface area contributed by atoms with Crippen LogP contribution in [-0.2, 0) is 0 Å². The van der Waals surface area contributed by atoms with E-state index in [1.54, 1.807) is 0 Å². The van der Waals surface area contributed by atoms with Gasteiger partial charge in [0.2, 0.25) is 0 Å². The van der Waals surface area contributed by atoms with Gasteiger partial charge in [-0.15, -0.1) is 0 Å². The molecule has 1 saturated carbocycles. The van der Waals surface area contributed by atoms with Crippen LogP contribution >= 0.6 is 11.6 Å². The number of halogens is 1. The van der Waals surface area contributed by atoms with Gasteiger partial charge in [0.1, 0.15) is 0 Å². The number of carbonyl (C=O) groups is 2. The van der Waals surface area contributed by atoms with Crippen LogP contribution in [0.15, 0.2) is 18.2 Å². The molecule has 0 atom stereocenters. The number of nitrogens with one attached hydrogen (secondary N) is 2. The predicted octanol–water partition coefficient (Wildman–Crippen LogP) is 3.35. The lowest BCUT2D eigenvalue weighted by Crippen LogP contribution is -2.41. The second-order valence-corrected chi connectivity index (χ2v) is 5.88. The van der Waals surface area contributed by atoms with E-state index in [0.29, 0.717) is 17.3 Å². The van der Waals surface area contributed by atoms with Crippen molar-refractivity contribution < 1.29 is 14.7 Å². The number of amides is 2. The lowest BCUT2D eigenvalue weighted by molar-refractivity contribution is 0.0697. The van der Waals surface area contributed by atoms with E-state index in [9.17, 15) is 9.59 Å². The van der Waals surface area contributed by atoms with E-state index >= 15 is 0 Å². The van der Waals surface area contributed by atoms with Crippen molar-refractivity contribution in [1.82, 2.24) is 5.32 Å². The highest BCUT2D eigenvalue weighted by molar-refractivity contribution is 6.33. The number of benzene rings is 1. The summed E-state index contributed by atoms with van der Waals surface area (Å²) >= 11 is 5.94. The van der Waals surface area contributed by atoms with Gasteiger partial charge in [-0.3, -0.25) is 0 Å². The summed E-state index contributed by atoms with van der Waals surface area (Å²) in [6.07, 6.45) is 3.43. The van der Waals surface area contributed by atoms with Crippen LogP contribution in [0.25, 0.3) is 0 Å². The highest BCUT2D eigenvalue weighted by atomic mass is 35.5. The molecule has 0 saturated heterocycles. The van der Waals surface area contributed by atoms with Crippen molar-refractivity contribution >= 4 is 29.3 Å². The largest absolute Gasteiger partial charge is 0.478 e. The van der Waals surface area contributed by atoms with E-state index in [-0.39, 0.29) is 17.0 Å². The highest BCUT2D eigenvalue weighted by Crippen LogP contribution is 2.39. The third-order valence-corrected chi connectivity index (χ3v) is 4.03. The van der Waals surface area contributed by atoms with Crippen LogP contribution in [0.1, 0.15) is 36.5 Å². The molecule has 0 bridgehead atoms. The van der Waals surface area contributed by atoms with Crippen LogP contribution in [-0.4, -0.2) is 23.7 Å². The Kier molecular flexibility index (Phi) is 4.18. The number of rotatable bonds is 4. The van der Waals surface area contributed by atoms with Gasteiger partial charge < -0.3 is 15.7 Å². The molecule has 1 aromatic carbocycles. The fourth-order valence-electron chi connectivity index (χ4n) is 2.17. The van der Waals surface area contributed by atoms with Crippen molar-refractivity contribution in [1.29, 1.82) is 0 Å². The van der Waals surface area contributed by atoms with Gasteiger partial charge in [-0.25, -0.2) is 9.59 Å². The fraction of sp³-hybridized carbons (Fsp3) is 0.429. The number of aromatic carboxylic acids is 1. The summed E-state index contributed by atoms with van der Waals surface area (Å²) in [5, 5.41) is 14.6. The molecule has 0 aromatic heterocycles. The first-order valence-corrected chi connectivity index (χ1v) is 6.85. The Balaban J connectivity index is 1.96. The molecule has 1 fully saturated rings. The molecule has 1 aromatic rings. The summed E-state index contributed by atoms with van der Waals surface area (Å²) in [7, 11) is 0. The van der Waals surface area contributed by atoms with E-state index in [1.165, 1.54) is 24.6 Å². The average Bonchev–Trinajstić information content (AvgIpc) is 2.36. The maximum absolute atomic E-state index is 11.8. The summed E-state index contributed by atoms with van der Waals surface area (Å²) in [6, 6.07) is 3.81. The molecule has 108 valence electrons.